The van der Waals surface area contributed by atoms with E-state index in [4.69, 9.17) is 4.74 Å². The molecular weight excluding hydrogens is 401 g/mol. The average Bonchev–Trinajstić information content (AvgIpc) is 2.85. The van der Waals surface area contributed by atoms with Gasteiger partial charge in [-0.1, -0.05) is 25.5 Å². The van der Waals surface area contributed by atoms with Crippen molar-refractivity contribution in [3.8, 4) is 5.75 Å². The predicted octanol–water partition coefficient (Wildman–Crippen LogP) is 4.96. The molecule has 0 bridgehead atoms. The van der Waals surface area contributed by atoms with Crippen LogP contribution in [0.15, 0.2) is 42.5 Å². The zero-order valence-electron chi connectivity index (χ0n) is 12.9. The number of carbonyl (C=O) groups excluding carboxylic acids is 1. The SMILES string of the molecule is CCCCOc1ccc(C=C2C(=O)Nc3ccc(I)cc32)cc1. The van der Waals surface area contributed by atoms with Gasteiger partial charge in [0.25, 0.3) is 5.91 Å². The molecule has 1 amide bonds. The second kappa shape index (κ2) is 7.17. The van der Waals surface area contributed by atoms with Gasteiger partial charge in [0.2, 0.25) is 0 Å². The van der Waals surface area contributed by atoms with Gasteiger partial charge >= 0.3 is 0 Å². The van der Waals surface area contributed by atoms with E-state index < -0.39 is 0 Å². The van der Waals surface area contributed by atoms with Crippen molar-refractivity contribution < 1.29 is 9.53 Å². The van der Waals surface area contributed by atoms with Crippen LogP contribution in [0.5, 0.6) is 5.75 Å². The maximum Gasteiger partial charge on any atom is 0.256 e. The lowest BCUT2D eigenvalue weighted by Gasteiger charge is -2.05. The number of carbonyl (C=O) groups is 1. The van der Waals surface area contributed by atoms with Crippen molar-refractivity contribution in [2.75, 3.05) is 11.9 Å². The maximum atomic E-state index is 12.2. The van der Waals surface area contributed by atoms with Crippen molar-refractivity contribution in [2.24, 2.45) is 0 Å². The van der Waals surface area contributed by atoms with Gasteiger partial charge in [-0.3, -0.25) is 4.79 Å². The Morgan fingerprint density at radius 1 is 1.17 bits per heavy atom. The van der Waals surface area contributed by atoms with E-state index in [9.17, 15) is 4.79 Å². The molecule has 1 heterocycles. The first kappa shape index (κ1) is 16.1. The molecule has 118 valence electrons. The van der Waals surface area contributed by atoms with Crippen molar-refractivity contribution in [3.63, 3.8) is 0 Å². The van der Waals surface area contributed by atoms with Crippen LogP contribution in [0.4, 0.5) is 5.69 Å². The van der Waals surface area contributed by atoms with E-state index in [0.29, 0.717) is 5.57 Å². The predicted molar refractivity (Wildman–Crippen MR) is 103 cm³/mol. The lowest BCUT2D eigenvalue weighted by atomic mass is 10.0. The average molecular weight is 419 g/mol. The fraction of sp³-hybridized carbons (Fsp3) is 0.211. The van der Waals surface area contributed by atoms with Gasteiger partial charge in [0, 0.05) is 20.4 Å². The number of ether oxygens (including phenoxy) is 1. The molecule has 2 aromatic carbocycles. The van der Waals surface area contributed by atoms with Crippen molar-refractivity contribution in [2.45, 2.75) is 19.8 Å². The fourth-order valence-corrected chi connectivity index (χ4v) is 2.96. The highest BCUT2D eigenvalue weighted by atomic mass is 127. The summed E-state index contributed by atoms with van der Waals surface area (Å²) in [5.41, 5.74) is 3.54. The summed E-state index contributed by atoms with van der Waals surface area (Å²) in [5.74, 6) is 0.816. The first-order valence-corrected chi connectivity index (χ1v) is 8.81. The van der Waals surface area contributed by atoms with Crippen molar-refractivity contribution >= 4 is 45.8 Å². The number of fused-ring (bicyclic) bond motifs is 1. The minimum Gasteiger partial charge on any atom is -0.494 e. The number of hydrogen-bond donors (Lipinski definition) is 1. The van der Waals surface area contributed by atoms with Gasteiger partial charge in [-0.2, -0.15) is 0 Å². The Kier molecular flexibility index (Phi) is 5.00. The smallest absolute Gasteiger partial charge is 0.256 e. The van der Waals surface area contributed by atoms with Crippen LogP contribution in [0.3, 0.4) is 0 Å². The van der Waals surface area contributed by atoms with E-state index in [1.807, 2.05) is 48.5 Å². The summed E-state index contributed by atoms with van der Waals surface area (Å²) in [7, 11) is 0. The van der Waals surface area contributed by atoms with Crippen molar-refractivity contribution in [1.29, 1.82) is 0 Å². The Morgan fingerprint density at radius 2 is 1.96 bits per heavy atom. The molecule has 0 fully saturated rings. The van der Waals surface area contributed by atoms with Crippen molar-refractivity contribution in [1.82, 2.24) is 0 Å². The van der Waals surface area contributed by atoms with Gasteiger partial charge in [0.1, 0.15) is 5.75 Å². The summed E-state index contributed by atoms with van der Waals surface area (Å²) >= 11 is 2.26. The molecule has 0 saturated heterocycles. The van der Waals surface area contributed by atoms with Crippen LogP contribution >= 0.6 is 22.6 Å². The zero-order valence-corrected chi connectivity index (χ0v) is 15.1. The lowest BCUT2D eigenvalue weighted by Crippen LogP contribution is -2.03. The number of halogens is 1. The molecule has 1 aliphatic rings. The zero-order chi connectivity index (χ0) is 16.2. The normalized spacial score (nSPS) is 14.7. The lowest BCUT2D eigenvalue weighted by molar-refractivity contribution is -0.110. The van der Waals surface area contributed by atoms with Gasteiger partial charge in [0.05, 0.1) is 6.61 Å². The van der Waals surface area contributed by atoms with E-state index in [1.54, 1.807) is 0 Å². The highest BCUT2D eigenvalue weighted by molar-refractivity contribution is 14.1. The van der Waals surface area contributed by atoms with Gasteiger partial charge in [-0.25, -0.2) is 0 Å². The summed E-state index contributed by atoms with van der Waals surface area (Å²) in [4.78, 5) is 12.2. The molecule has 1 aliphatic heterocycles. The molecule has 0 saturated carbocycles. The summed E-state index contributed by atoms with van der Waals surface area (Å²) in [6, 6.07) is 13.8. The van der Waals surface area contributed by atoms with Crippen LogP contribution in [-0.2, 0) is 4.79 Å². The van der Waals surface area contributed by atoms with Gasteiger partial charge in [-0.15, -0.1) is 0 Å². The minimum atomic E-state index is -0.0507. The molecule has 0 unspecified atom stereocenters. The molecule has 1 N–H and O–H groups in total. The van der Waals surface area contributed by atoms with Crippen LogP contribution in [-0.4, -0.2) is 12.5 Å². The Bertz CT molecular complexity index is 750. The quantitative estimate of drug-likeness (QED) is 0.423. The number of rotatable bonds is 5. The van der Waals surface area contributed by atoms with Gasteiger partial charge < -0.3 is 10.1 Å². The number of amides is 1. The van der Waals surface area contributed by atoms with E-state index in [2.05, 4.69) is 34.8 Å². The summed E-state index contributed by atoms with van der Waals surface area (Å²) in [6.07, 6.45) is 4.10. The molecule has 0 aromatic heterocycles. The van der Waals surface area contributed by atoms with Crippen LogP contribution in [0.1, 0.15) is 30.9 Å². The van der Waals surface area contributed by atoms with Crippen LogP contribution in [0, 0.1) is 3.57 Å². The molecule has 2 aromatic rings. The number of benzene rings is 2. The highest BCUT2D eigenvalue weighted by Crippen LogP contribution is 2.34. The minimum absolute atomic E-state index is 0.0507. The first-order valence-electron chi connectivity index (χ1n) is 7.73. The van der Waals surface area contributed by atoms with Crippen LogP contribution < -0.4 is 10.1 Å². The molecule has 0 atom stereocenters. The Hall–Kier alpha value is -1.82. The molecule has 23 heavy (non-hydrogen) atoms. The van der Waals surface area contributed by atoms with E-state index in [-0.39, 0.29) is 5.91 Å². The molecule has 3 rings (SSSR count). The van der Waals surface area contributed by atoms with Crippen molar-refractivity contribution in [3.05, 3.63) is 57.2 Å². The van der Waals surface area contributed by atoms with Gasteiger partial charge in [0.15, 0.2) is 0 Å². The second-order valence-electron chi connectivity index (χ2n) is 5.47. The fourth-order valence-electron chi connectivity index (χ4n) is 2.46. The largest absolute Gasteiger partial charge is 0.494 e. The monoisotopic (exact) mass is 419 g/mol. The molecule has 0 spiro atoms. The third-order valence-electron chi connectivity index (χ3n) is 3.72. The van der Waals surface area contributed by atoms with Gasteiger partial charge in [-0.05, 0) is 71.0 Å². The Labute approximate surface area is 149 Å². The third-order valence-corrected chi connectivity index (χ3v) is 4.39. The van der Waals surface area contributed by atoms with Crippen LogP contribution in [0.25, 0.3) is 11.6 Å². The number of hydrogen-bond acceptors (Lipinski definition) is 2. The summed E-state index contributed by atoms with van der Waals surface area (Å²) in [5, 5.41) is 2.91. The summed E-state index contributed by atoms with van der Waals surface area (Å²) in [6.45, 7) is 2.88. The number of unbranched alkanes of at least 4 members (excludes halogenated alkanes) is 1. The third kappa shape index (κ3) is 3.75. The standard InChI is InChI=1S/C19H18INO2/c1-2-3-10-23-15-7-4-13(5-8-15)11-17-16-12-14(20)6-9-18(16)21-19(17)22/h4-9,11-12H,2-3,10H2,1H3,(H,21,22). The van der Waals surface area contributed by atoms with E-state index in [1.165, 1.54) is 0 Å². The molecular formula is C19H18INO2. The number of anilines is 1. The Balaban J connectivity index is 1.82. The summed E-state index contributed by atoms with van der Waals surface area (Å²) < 4.78 is 6.78. The molecule has 4 heteroatoms. The van der Waals surface area contributed by atoms with E-state index >= 15 is 0 Å². The second-order valence-corrected chi connectivity index (χ2v) is 6.72. The highest BCUT2D eigenvalue weighted by Gasteiger charge is 2.23. The number of nitrogens with one attached hydrogen (secondary N) is 1. The molecule has 0 aliphatic carbocycles. The molecule has 3 nitrogen and oxygen atoms in total. The Morgan fingerprint density at radius 3 is 2.70 bits per heavy atom. The van der Waals surface area contributed by atoms with Crippen LogP contribution in [0.2, 0.25) is 0 Å². The first-order chi connectivity index (χ1) is 11.2. The maximum absolute atomic E-state index is 12.2. The molecule has 0 radical (unpaired) electrons. The topological polar surface area (TPSA) is 38.3 Å². The van der Waals surface area contributed by atoms with E-state index in [0.717, 1.165) is 45.6 Å².